The number of aliphatic hydroxyl groups excluding tert-OH is 1. The number of anilines is 2. The third-order valence-corrected chi connectivity index (χ3v) is 3.86. The van der Waals surface area contributed by atoms with Gasteiger partial charge in [-0.15, -0.1) is 0 Å². The summed E-state index contributed by atoms with van der Waals surface area (Å²) < 4.78 is 0. The molecule has 1 amide bonds. The summed E-state index contributed by atoms with van der Waals surface area (Å²) >= 11 is 0. The first-order valence-electron chi connectivity index (χ1n) is 7.45. The molecule has 1 aliphatic rings. The molecule has 4 nitrogen and oxygen atoms in total. The number of nitrogens with one attached hydrogen (secondary N) is 1. The Morgan fingerprint density at radius 2 is 1.95 bits per heavy atom. The summed E-state index contributed by atoms with van der Waals surface area (Å²) in [7, 11) is 0. The summed E-state index contributed by atoms with van der Waals surface area (Å²) in [6.45, 7) is 4.59. The number of aliphatic hydroxyl groups is 1. The molecule has 0 bridgehead atoms. The van der Waals surface area contributed by atoms with Crippen molar-refractivity contribution < 1.29 is 9.90 Å². The van der Waals surface area contributed by atoms with Crippen LogP contribution in [-0.4, -0.2) is 30.7 Å². The second kappa shape index (κ2) is 7.29. The van der Waals surface area contributed by atoms with Crippen LogP contribution in [0, 0.1) is 5.92 Å². The Morgan fingerprint density at radius 1 is 1.30 bits per heavy atom. The maximum absolute atomic E-state index is 11.6. The molecule has 0 unspecified atom stereocenters. The molecule has 0 spiro atoms. The molecule has 4 heteroatoms. The molecule has 0 atom stereocenters. The maximum atomic E-state index is 11.6. The molecule has 1 fully saturated rings. The smallest absolute Gasteiger partial charge is 0.224 e. The number of rotatable bonds is 5. The molecule has 20 heavy (non-hydrogen) atoms. The second-order valence-corrected chi connectivity index (χ2v) is 5.59. The van der Waals surface area contributed by atoms with Crippen LogP contribution in [-0.2, 0) is 4.79 Å². The molecule has 0 aliphatic carbocycles. The van der Waals surface area contributed by atoms with Gasteiger partial charge in [-0.25, -0.2) is 0 Å². The molecule has 110 valence electrons. The van der Waals surface area contributed by atoms with Gasteiger partial charge < -0.3 is 15.3 Å². The summed E-state index contributed by atoms with van der Waals surface area (Å²) in [5.74, 6) is 0.787. The van der Waals surface area contributed by atoms with E-state index in [0.717, 1.165) is 24.7 Å². The highest BCUT2D eigenvalue weighted by molar-refractivity contribution is 5.90. The summed E-state index contributed by atoms with van der Waals surface area (Å²) in [5, 5.41) is 11.5. The minimum atomic E-state index is -0.0430. The zero-order chi connectivity index (χ0) is 14.4. The van der Waals surface area contributed by atoms with Crippen molar-refractivity contribution in [2.75, 3.05) is 29.9 Å². The number of piperidine rings is 1. The normalized spacial score (nSPS) is 16.2. The molecular formula is C16H24N2O2. The lowest BCUT2D eigenvalue weighted by Gasteiger charge is -2.32. The van der Waals surface area contributed by atoms with Gasteiger partial charge in [0.05, 0.1) is 0 Å². The number of nitrogens with zero attached hydrogens (tertiary/aromatic N) is 1. The minimum absolute atomic E-state index is 0.0430. The van der Waals surface area contributed by atoms with E-state index in [4.69, 9.17) is 5.11 Å². The Morgan fingerprint density at radius 3 is 2.55 bits per heavy atom. The summed E-state index contributed by atoms with van der Waals surface area (Å²) in [6, 6.07) is 8.03. The first kappa shape index (κ1) is 14.9. The van der Waals surface area contributed by atoms with Crippen molar-refractivity contribution >= 4 is 17.3 Å². The van der Waals surface area contributed by atoms with E-state index in [1.165, 1.54) is 18.5 Å². The highest BCUT2D eigenvalue weighted by atomic mass is 16.3. The van der Waals surface area contributed by atoms with Gasteiger partial charge in [0.1, 0.15) is 0 Å². The molecule has 1 heterocycles. The van der Waals surface area contributed by atoms with E-state index < -0.39 is 0 Å². The van der Waals surface area contributed by atoms with Gasteiger partial charge in [-0.1, -0.05) is 6.92 Å². The van der Waals surface area contributed by atoms with Crippen LogP contribution in [0.4, 0.5) is 11.4 Å². The van der Waals surface area contributed by atoms with Crippen LogP contribution in [0.3, 0.4) is 0 Å². The summed E-state index contributed by atoms with van der Waals surface area (Å²) in [4.78, 5) is 14.0. The predicted octanol–water partition coefficient (Wildman–Crippen LogP) is 2.63. The SMILES string of the molecule is CC1CCN(c2ccc(NC(=O)CCCO)cc2)CC1. The lowest BCUT2D eigenvalue weighted by atomic mass is 9.99. The van der Waals surface area contributed by atoms with Gasteiger partial charge in [-0.3, -0.25) is 4.79 Å². The monoisotopic (exact) mass is 276 g/mol. The van der Waals surface area contributed by atoms with Gasteiger partial charge in [-0.2, -0.15) is 0 Å². The van der Waals surface area contributed by atoms with E-state index in [-0.39, 0.29) is 12.5 Å². The molecule has 1 aromatic carbocycles. The predicted molar refractivity (Wildman–Crippen MR) is 82.0 cm³/mol. The molecule has 0 aromatic heterocycles. The van der Waals surface area contributed by atoms with Crippen LogP contribution in [0.5, 0.6) is 0 Å². The second-order valence-electron chi connectivity index (χ2n) is 5.59. The Labute approximate surface area is 120 Å². The van der Waals surface area contributed by atoms with Gasteiger partial charge in [0.15, 0.2) is 0 Å². The standard InChI is InChI=1S/C16H24N2O2/c1-13-8-10-18(11-9-13)15-6-4-14(5-7-15)17-16(20)3-2-12-19/h4-7,13,19H,2-3,8-12H2,1H3,(H,17,20). The average molecular weight is 276 g/mol. The van der Waals surface area contributed by atoms with Crippen molar-refractivity contribution in [3.05, 3.63) is 24.3 Å². The topological polar surface area (TPSA) is 52.6 Å². The van der Waals surface area contributed by atoms with Crippen molar-refractivity contribution in [1.82, 2.24) is 0 Å². The largest absolute Gasteiger partial charge is 0.396 e. The van der Waals surface area contributed by atoms with E-state index in [0.29, 0.717) is 12.8 Å². The van der Waals surface area contributed by atoms with Gasteiger partial charge in [0.25, 0.3) is 0 Å². The molecule has 2 rings (SSSR count). The zero-order valence-electron chi connectivity index (χ0n) is 12.1. The number of benzene rings is 1. The summed E-state index contributed by atoms with van der Waals surface area (Å²) in [6.07, 6.45) is 3.37. The van der Waals surface area contributed by atoms with Crippen molar-refractivity contribution in [2.24, 2.45) is 5.92 Å². The number of carbonyl (C=O) groups is 1. The molecule has 0 saturated carbocycles. The van der Waals surface area contributed by atoms with Gasteiger partial charge in [-0.05, 0) is 49.4 Å². The highest BCUT2D eigenvalue weighted by Gasteiger charge is 2.15. The third-order valence-electron chi connectivity index (χ3n) is 3.86. The van der Waals surface area contributed by atoms with Crippen molar-refractivity contribution in [2.45, 2.75) is 32.6 Å². The third kappa shape index (κ3) is 4.23. The van der Waals surface area contributed by atoms with E-state index >= 15 is 0 Å². The average Bonchev–Trinajstić information content (AvgIpc) is 2.47. The van der Waals surface area contributed by atoms with Crippen molar-refractivity contribution in [1.29, 1.82) is 0 Å². The van der Waals surface area contributed by atoms with Crippen LogP contribution in [0.15, 0.2) is 24.3 Å². The highest BCUT2D eigenvalue weighted by Crippen LogP contribution is 2.24. The van der Waals surface area contributed by atoms with Crippen LogP contribution in [0.2, 0.25) is 0 Å². The Balaban J connectivity index is 1.88. The van der Waals surface area contributed by atoms with E-state index in [1.54, 1.807) is 0 Å². The molecule has 1 saturated heterocycles. The fourth-order valence-electron chi connectivity index (χ4n) is 2.49. The lowest BCUT2D eigenvalue weighted by molar-refractivity contribution is -0.116. The quantitative estimate of drug-likeness (QED) is 0.869. The van der Waals surface area contributed by atoms with Gasteiger partial charge in [0, 0.05) is 37.5 Å². The maximum Gasteiger partial charge on any atom is 0.224 e. The molecule has 2 N–H and O–H groups in total. The zero-order valence-corrected chi connectivity index (χ0v) is 12.1. The van der Waals surface area contributed by atoms with Gasteiger partial charge >= 0.3 is 0 Å². The van der Waals surface area contributed by atoms with Crippen LogP contribution in [0.25, 0.3) is 0 Å². The van der Waals surface area contributed by atoms with Crippen molar-refractivity contribution in [3.63, 3.8) is 0 Å². The number of hydrogen-bond donors (Lipinski definition) is 2. The Kier molecular flexibility index (Phi) is 5.41. The minimum Gasteiger partial charge on any atom is -0.396 e. The molecule has 1 aliphatic heterocycles. The van der Waals surface area contributed by atoms with Crippen LogP contribution < -0.4 is 10.2 Å². The van der Waals surface area contributed by atoms with E-state index in [9.17, 15) is 4.79 Å². The van der Waals surface area contributed by atoms with E-state index in [1.807, 2.05) is 12.1 Å². The molecule has 1 aromatic rings. The number of amides is 1. The number of carbonyl (C=O) groups excluding carboxylic acids is 1. The van der Waals surface area contributed by atoms with E-state index in [2.05, 4.69) is 29.3 Å². The summed E-state index contributed by atoms with van der Waals surface area (Å²) in [5.41, 5.74) is 2.05. The molecule has 0 radical (unpaired) electrons. The first-order valence-corrected chi connectivity index (χ1v) is 7.45. The molecular weight excluding hydrogens is 252 g/mol. The fraction of sp³-hybridized carbons (Fsp3) is 0.562. The van der Waals surface area contributed by atoms with Crippen LogP contribution in [0.1, 0.15) is 32.6 Å². The van der Waals surface area contributed by atoms with Gasteiger partial charge in [0.2, 0.25) is 5.91 Å². The fourth-order valence-corrected chi connectivity index (χ4v) is 2.49. The number of hydrogen-bond acceptors (Lipinski definition) is 3. The van der Waals surface area contributed by atoms with Crippen LogP contribution >= 0.6 is 0 Å². The first-order chi connectivity index (χ1) is 9.69. The van der Waals surface area contributed by atoms with Crippen molar-refractivity contribution in [3.8, 4) is 0 Å². The Hall–Kier alpha value is -1.55. The Bertz CT molecular complexity index is 423. The lowest BCUT2D eigenvalue weighted by Crippen LogP contribution is -2.32.